The molecule has 0 amide bonds. The quantitative estimate of drug-likeness (QED) is 0.624. The van der Waals surface area contributed by atoms with E-state index in [1.165, 1.54) is 0 Å². The van der Waals surface area contributed by atoms with E-state index < -0.39 is 0 Å². The third-order valence-corrected chi connectivity index (χ3v) is 2.84. The Bertz CT molecular complexity index is 508. The van der Waals surface area contributed by atoms with Crippen molar-refractivity contribution < 1.29 is 0 Å². The molecule has 0 N–H and O–H groups in total. The van der Waals surface area contributed by atoms with Crippen molar-refractivity contribution in [2.24, 2.45) is 0 Å². The minimum absolute atomic E-state index is 0.430. The molecule has 2 rings (SSSR count). The molecule has 0 aliphatic rings. The van der Waals surface area contributed by atoms with E-state index in [1.807, 2.05) is 6.92 Å². The van der Waals surface area contributed by atoms with E-state index in [-0.39, 0.29) is 0 Å². The summed E-state index contributed by atoms with van der Waals surface area (Å²) < 4.78 is 0. The highest BCUT2D eigenvalue weighted by atomic mass is 35.5. The molecule has 0 atom stereocenters. The Hall–Kier alpha value is -0.500. The molecular weight excluding hydrogens is 240 g/mol. The first kappa shape index (κ1) is 10.0. The summed E-state index contributed by atoms with van der Waals surface area (Å²) in [5, 5.41) is 2.50. The topological polar surface area (TPSA) is 12.9 Å². The third-order valence-electron chi connectivity index (χ3n) is 2.03. The molecule has 1 nitrogen and oxygen atoms in total. The number of halogens is 3. The highest BCUT2D eigenvalue weighted by Gasteiger charge is 2.08. The maximum atomic E-state index is 6.04. The fourth-order valence-electron chi connectivity index (χ4n) is 1.42. The molecular formula is C10H6Cl3N. The van der Waals surface area contributed by atoms with Crippen molar-refractivity contribution in [3.63, 3.8) is 0 Å². The lowest BCUT2D eigenvalue weighted by Gasteiger charge is -2.05. The van der Waals surface area contributed by atoms with Gasteiger partial charge in [-0.2, -0.15) is 0 Å². The van der Waals surface area contributed by atoms with Gasteiger partial charge in [0.05, 0.1) is 15.6 Å². The van der Waals surface area contributed by atoms with Gasteiger partial charge in [0.25, 0.3) is 0 Å². The van der Waals surface area contributed by atoms with Crippen LogP contribution in [0.5, 0.6) is 0 Å². The molecule has 1 aromatic heterocycles. The molecule has 0 unspecified atom stereocenters. The lowest BCUT2D eigenvalue weighted by Crippen LogP contribution is -1.86. The van der Waals surface area contributed by atoms with E-state index in [9.17, 15) is 0 Å². The second-order valence-electron chi connectivity index (χ2n) is 3.01. The molecule has 72 valence electrons. The molecule has 0 spiro atoms. The predicted octanol–water partition coefficient (Wildman–Crippen LogP) is 4.50. The number of benzene rings is 1. The van der Waals surface area contributed by atoms with E-state index in [1.54, 1.807) is 18.2 Å². The van der Waals surface area contributed by atoms with Gasteiger partial charge in [-0.15, -0.1) is 0 Å². The molecule has 0 saturated carbocycles. The number of rotatable bonds is 0. The zero-order chi connectivity index (χ0) is 10.3. The van der Waals surface area contributed by atoms with E-state index in [2.05, 4.69) is 4.98 Å². The van der Waals surface area contributed by atoms with Crippen molar-refractivity contribution in [2.45, 2.75) is 6.92 Å². The standard InChI is InChI=1S/C10H6Cl3N/c1-5-4-8(13)14-10-7(12)3-2-6(11)9(5)10/h2-4H,1H3. The summed E-state index contributed by atoms with van der Waals surface area (Å²) in [6.45, 7) is 1.93. The Balaban J connectivity index is 3.00. The van der Waals surface area contributed by atoms with Gasteiger partial charge in [-0.3, -0.25) is 0 Å². The van der Waals surface area contributed by atoms with Crippen molar-refractivity contribution in [2.75, 3.05) is 0 Å². The normalized spacial score (nSPS) is 10.9. The number of nitrogens with zero attached hydrogens (tertiary/aromatic N) is 1. The van der Waals surface area contributed by atoms with Crippen LogP contribution >= 0.6 is 34.8 Å². The minimum Gasteiger partial charge on any atom is -0.234 e. The van der Waals surface area contributed by atoms with Crippen molar-refractivity contribution in [3.05, 3.63) is 39.0 Å². The van der Waals surface area contributed by atoms with Crippen LogP contribution in [-0.4, -0.2) is 4.98 Å². The molecule has 0 bridgehead atoms. The number of aromatic nitrogens is 1. The monoisotopic (exact) mass is 245 g/mol. The second-order valence-corrected chi connectivity index (χ2v) is 4.22. The van der Waals surface area contributed by atoms with Gasteiger partial charge in [-0.1, -0.05) is 34.8 Å². The molecule has 1 heterocycles. The van der Waals surface area contributed by atoms with Gasteiger partial charge in [-0.25, -0.2) is 4.98 Å². The molecule has 4 heteroatoms. The number of hydrogen-bond donors (Lipinski definition) is 0. The van der Waals surface area contributed by atoms with E-state index in [0.29, 0.717) is 20.7 Å². The molecule has 0 aliphatic carbocycles. The maximum Gasteiger partial charge on any atom is 0.130 e. The second kappa shape index (κ2) is 3.58. The van der Waals surface area contributed by atoms with Crippen molar-refractivity contribution >= 4 is 45.7 Å². The fraction of sp³-hybridized carbons (Fsp3) is 0.100. The van der Waals surface area contributed by atoms with Crippen LogP contribution < -0.4 is 0 Å². The van der Waals surface area contributed by atoms with Crippen molar-refractivity contribution in [3.8, 4) is 0 Å². The molecule has 0 saturated heterocycles. The highest BCUT2D eigenvalue weighted by Crippen LogP contribution is 2.31. The van der Waals surface area contributed by atoms with Gasteiger partial charge in [-0.05, 0) is 30.7 Å². The summed E-state index contributed by atoms with van der Waals surface area (Å²) in [6, 6.07) is 5.25. The van der Waals surface area contributed by atoms with Crippen LogP contribution in [0.1, 0.15) is 5.56 Å². The molecule has 2 aromatic rings. The van der Waals surface area contributed by atoms with Crippen LogP contribution in [0.15, 0.2) is 18.2 Å². The van der Waals surface area contributed by atoms with Gasteiger partial charge in [0.15, 0.2) is 0 Å². The van der Waals surface area contributed by atoms with Crippen molar-refractivity contribution in [1.82, 2.24) is 4.98 Å². The van der Waals surface area contributed by atoms with Crippen LogP contribution in [0, 0.1) is 6.92 Å². The zero-order valence-electron chi connectivity index (χ0n) is 7.31. The third kappa shape index (κ3) is 1.56. The summed E-state index contributed by atoms with van der Waals surface area (Å²) in [5.41, 5.74) is 1.64. The lowest BCUT2D eigenvalue weighted by atomic mass is 10.1. The van der Waals surface area contributed by atoms with Gasteiger partial charge in [0, 0.05) is 5.39 Å². The summed E-state index contributed by atoms with van der Waals surface area (Å²) in [4.78, 5) is 4.15. The molecule has 0 radical (unpaired) electrons. The lowest BCUT2D eigenvalue weighted by molar-refractivity contribution is 1.37. The summed E-state index contributed by atoms with van der Waals surface area (Å²) >= 11 is 17.9. The average molecular weight is 247 g/mol. The Morgan fingerprint density at radius 2 is 1.71 bits per heavy atom. The Kier molecular flexibility index (Phi) is 2.56. The largest absolute Gasteiger partial charge is 0.234 e. The molecule has 0 aliphatic heterocycles. The first-order valence-electron chi connectivity index (χ1n) is 4.00. The SMILES string of the molecule is Cc1cc(Cl)nc2c(Cl)ccc(Cl)c12. The number of fused-ring (bicyclic) bond motifs is 1. The highest BCUT2D eigenvalue weighted by molar-refractivity contribution is 6.40. The number of hydrogen-bond acceptors (Lipinski definition) is 1. The summed E-state index contributed by atoms with van der Waals surface area (Å²) in [6.07, 6.45) is 0. The Labute approximate surface area is 96.6 Å². The predicted molar refractivity (Wildman–Crippen MR) is 61.5 cm³/mol. The summed E-state index contributed by atoms with van der Waals surface area (Å²) in [7, 11) is 0. The molecule has 0 fully saturated rings. The van der Waals surface area contributed by atoms with Crippen LogP contribution in [0.3, 0.4) is 0 Å². The molecule has 14 heavy (non-hydrogen) atoms. The number of pyridine rings is 1. The summed E-state index contributed by atoms with van der Waals surface area (Å²) in [5.74, 6) is 0. The fourth-order valence-corrected chi connectivity index (χ4v) is 2.16. The Morgan fingerprint density at radius 3 is 2.43 bits per heavy atom. The van der Waals surface area contributed by atoms with Crippen LogP contribution in [0.2, 0.25) is 15.2 Å². The minimum atomic E-state index is 0.430. The van der Waals surface area contributed by atoms with E-state index in [4.69, 9.17) is 34.8 Å². The van der Waals surface area contributed by atoms with E-state index >= 15 is 0 Å². The zero-order valence-corrected chi connectivity index (χ0v) is 9.58. The van der Waals surface area contributed by atoms with Crippen LogP contribution in [0.25, 0.3) is 10.9 Å². The first-order valence-corrected chi connectivity index (χ1v) is 5.14. The molecule has 1 aromatic carbocycles. The van der Waals surface area contributed by atoms with Crippen molar-refractivity contribution in [1.29, 1.82) is 0 Å². The van der Waals surface area contributed by atoms with Crippen LogP contribution in [0.4, 0.5) is 0 Å². The van der Waals surface area contributed by atoms with Gasteiger partial charge >= 0.3 is 0 Å². The Morgan fingerprint density at radius 1 is 1.07 bits per heavy atom. The van der Waals surface area contributed by atoms with Gasteiger partial charge < -0.3 is 0 Å². The van der Waals surface area contributed by atoms with Crippen LogP contribution in [-0.2, 0) is 0 Å². The maximum absolute atomic E-state index is 6.04. The van der Waals surface area contributed by atoms with Gasteiger partial charge in [0.1, 0.15) is 5.15 Å². The van der Waals surface area contributed by atoms with Gasteiger partial charge in [0.2, 0.25) is 0 Å². The number of aryl methyl sites for hydroxylation is 1. The van der Waals surface area contributed by atoms with E-state index in [0.717, 1.165) is 10.9 Å². The smallest absolute Gasteiger partial charge is 0.130 e. The first-order chi connectivity index (χ1) is 6.59. The average Bonchev–Trinajstić information content (AvgIpc) is 2.10.